The van der Waals surface area contributed by atoms with E-state index in [2.05, 4.69) is 29.1 Å². The number of guanidine groups is 1. The van der Waals surface area contributed by atoms with Crippen LogP contribution in [-0.4, -0.2) is 25.1 Å². The fraction of sp³-hybridized carbons (Fsp3) is 0.625. The summed E-state index contributed by atoms with van der Waals surface area (Å²) in [5.41, 5.74) is 0. The Bertz CT molecular complexity index is 163. The van der Waals surface area contributed by atoms with Crippen LogP contribution in [-0.2, 0) is 0 Å². The Kier molecular flexibility index (Phi) is 2.95. The van der Waals surface area contributed by atoms with E-state index in [1.807, 2.05) is 6.08 Å². The fourth-order valence-electron chi connectivity index (χ4n) is 1.04. The van der Waals surface area contributed by atoms with Gasteiger partial charge in [0.05, 0.1) is 6.54 Å². The molecule has 0 aromatic heterocycles. The molecule has 0 bridgehead atoms. The first-order valence-corrected chi connectivity index (χ1v) is 3.98. The second-order valence-corrected chi connectivity index (χ2v) is 2.73. The summed E-state index contributed by atoms with van der Waals surface area (Å²) in [6.45, 7) is 7.64. The van der Waals surface area contributed by atoms with Gasteiger partial charge in [-0.15, -0.1) is 6.58 Å². The molecule has 0 radical (unpaired) electrons. The average Bonchev–Trinajstić information content (AvgIpc) is 2.40. The standard InChI is InChI=1S/C8H15N3/c1-3-4-7(2)11-8-9-5-6-10-8/h3,7H,1,4-6H2,2H3,(H2,9,10,11). The summed E-state index contributed by atoms with van der Waals surface area (Å²) in [5, 5.41) is 6.40. The smallest absolute Gasteiger partial charge is 0.191 e. The normalized spacial score (nSPS) is 18.5. The van der Waals surface area contributed by atoms with Gasteiger partial charge in [-0.25, -0.2) is 0 Å². The summed E-state index contributed by atoms with van der Waals surface area (Å²) in [7, 11) is 0. The van der Waals surface area contributed by atoms with Crippen LogP contribution >= 0.6 is 0 Å². The molecule has 0 spiro atoms. The zero-order chi connectivity index (χ0) is 8.10. The minimum Gasteiger partial charge on any atom is -0.355 e. The Labute approximate surface area is 67.6 Å². The third kappa shape index (κ3) is 2.62. The summed E-state index contributed by atoms with van der Waals surface area (Å²) in [6.07, 6.45) is 2.88. The number of hydrogen-bond donors (Lipinski definition) is 2. The highest BCUT2D eigenvalue weighted by Crippen LogP contribution is 1.91. The molecule has 2 N–H and O–H groups in total. The van der Waals surface area contributed by atoms with E-state index in [9.17, 15) is 0 Å². The lowest BCUT2D eigenvalue weighted by molar-refractivity contribution is 0.664. The summed E-state index contributed by atoms with van der Waals surface area (Å²) in [4.78, 5) is 4.22. The van der Waals surface area contributed by atoms with Crippen molar-refractivity contribution in [1.82, 2.24) is 10.6 Å². The van der Waals surface area contributed by atoms with Crippen LogP contribution in [0.1, 0.15) is 13.3 Å². The van der Waals surface area contributed by atoms with Crippen molar-refractivity contribution in [2.75, 3.05) is 13.1 Å². The largest absolute Gasteiger partial charge is 0.355 e. The fourth-order valence-corrected chi connectivity index (χ4v) is 1.04. The molecule has 1 rings (SSSR count). The highest BCUT2D eigenvalue weighted by molar-refractivity contribution is 5.81. The summed E-state index contributed by atoms with van der Waals surface area (Å²) < 4.78 is 0. The molecule has 0 aromatic carbocycles. The van der Waals surface area contributed by atoms with E-state index < -0.39 is 0 Å². The highest BCUT2D eigenvalue weighted by atomic mass is 15.2. The Morgan fingerprint density at radius 3 is 3.27 bits per heavy atom. The molecule has 1 atom stereocenters. The number of aliphatic imine (C=N–C) groups is 1. The number of nitrogens with one attached hydrogen (secondary N) is 2. The molecule has 1 heterocycles. The van der Waals surface area contributed by atoms with Crippen LogP contribution in [0.3, 0.4) is 0 Å². The van der Waals surface area contributed by atoms with Crippen LogP contribution in [0.4, 0.5) is 0 Å². The topological polar surface area (TPSA) is 36.4 Å². The van der Waals surface area contributed by atoms with E-state index in [1.54, 1.807) is 0 Å². The predicted molar refractivity (Wildman–Crippen MR) is 47.7 cm³/mol. The van der Waals surface area contributed by atoms with Crippen molar-refractivity contribution < 1.29 is 0 Å². The molecule has 1 unspecified atom stereocenters. The molecule has 3 heteroatoms. The summed E-state index contributed by atoms with van der Waals surface area (Å²) in [5.74, 6) is 0.930. The number of rotatable bonds is 3. The van der Waals surface area contributed by atoms with Gasteiger partial charge in [0.25, 0.3) is 0 Å². The van der Waals surface area contributed by atoms with E-state index in [0.29, 0.717) is 6.04 Å². The molecular weight excluding hydrogens is 138 g/mol. The minimum atomic E-state index is 0.428. The van der Waals surface area contributed by atoms with Gasteiger partial charge in [-0.05, 0) is 13.3 Å². The first-order valence-electron chi connectivity index (χ1n) is 3.98. The predicted octanol–water partition coefficient (Wildman–Crippen LogP) is 0.500. The van der Waals surface area contributed by atoms with Gasteiger partial charge in [0.1, 0.15) is 0 Å². The van der Waals surface area contributed by atoms with Crippen LogP contribution in [0.15, 0.2) is 17.6 Å². The van der Waals surface area contributed by atoms with Gasteiger partial charge in [-0.2, -0.15) is 0 Å². The number of hydrogen-bond acceptors (Lipinski definition) is 3. The van der Waals surface area contributed by atoms with Crippen molar-refractivity contribution in [3.63, 3.8) is 0 Å². The molecule has 62 valence electrons. The molecular formula is C8H15N3. The highest BCUT2D eigenvalue weighted by Gasteiger charge is 2.06. The van der Waals surface area contributed by atoms with Gasteiger partial charge >= 0.3 is 0 Å². The van der Waals surface area contributed by atoms with Crippen LogP contribution in [0.5, 0.6) is 0 Å². The first-order chi connectivity index (χ1) is 5.33. The second kappa shape index (κ2) is 4.01. The maximum atomic E-state index is 4.22. The van der Waals surface area contributed by atoms with Gasteiger partial charge in [0.15, 0.2) is 5.96 Å². The van der Waals surface area contributed by atoms with Crippen molar-refractivity contribution in [2.24, 2.45) is 4.99 Å². The van der Waals surface area contributed by atoms with Crippen molar-refractivity contribution in [3.05, 3.63) is 12.7 Å². The van der Waals surface area contributed by atoms with E-state index in [1.165, 1.54) is 0 Å². The molecule has 0 saturated heterocycles. The van der Waals surface area contributed by atoms with Crippen molar-refractivity contribution >= 4 is 5.96 Å². The monoisotopic (exact) mass is 153 g/mol. The van der Waals surface area contributed by atoms with Crippen LogP contribution in [0.2, 0.25) is 0 Å². The maximum Gasteiger partial charge on any atom is 0.191 e. The molecule has 0 saturated carbocycles. The zero-order valence-electron chi connectivity index (χ0n) is 6.93. The molecule has 3 nitrogen and oxygen atoms in total. The SMILES string of the molecule is C=CCC(C)NC1=NCCN1. The Hall–Kier alpha value is -0.990. The van der Waals surface area contributed by atoms with Crippen molar-refractivity contribution in [3.8, 4) is 0 Å². The summed E-state index contributed by atoms with van der Waals surface area (Å²) >= 11 is 0. The zero-order valence-corrected chi connectivity index (χ0v) is 6.93. The summed E-state index contributed by atoms with van der Waals surface area (Å²) in [6, 6.07) is 0.428. The molecule has 0 fully saturated rings. The van der Waals surface area contributed by atoms with E-state index in [4.69, 9.17) is 0 Å². The average molecular weight is 153 g/mol. The van der Waals surface area contributed by atoms with Crippen LogP contribution < -0.4 is 10.6 Å². The molecule has 1 aliphatic heterocycles. The van der Waals surface area contributed by atoms with Gasteiger partial charge in [-0.1, -0.05) is 6.08 Å². The lowest BCUT2D eigenvalue weighted by atomic mass is 10.2. The van der Waals surface area contributed by atoms with Crippen molar-refractivity contribution in [1.29, 1.82) is 0 Å². The van der Waals surface area contributed by atoms with Gasteiger partial charge < -0.3 is 10.6 Å². The first kappa shape index (κ1) is 8.11. The molecule has 0 aliphatic carbocycles. The second-order valence-electron chi connectivity index (χ2n) is 2.73. The van der Waals surface area contributed by atoms with Gasteiger partial charge in [0.2, 0.25) is 0 Å². The maximum absolute atomic E-state index is 4.22. The van der Waals surface area contributed by atoms with Crippen LogP contribution in [0, 0.1) is 0 Å². The van der Waals surface area contributed by atoms with Crippen molar-refractivity contribution in [2.45, 2.75) is 19.4 Å². The third-order valence-electron chi connectivity index (χ3n) is 1.58. The minimum absolute atomic E-state index is 0.428. The molecule has 0 amide bonds. The Balaban J connectivity index is 2.23. The molecule has 0 aromatic rings. The Morgan fingerprint density at radius 2 is 2.73 bits per heavy atom. The lowest BCUT2D eigenvalue weighted by Crippen LogP contribution is -2.39. The Morgan fingerprint density at radius 1 is 1.91 bits per heavy atom. The van der Waals surface area contributed by atoms with Crippen LogP contribution in [0.25, 0.3) is 0 Å². The van der Waals surface area contributed by atoms with E-state index in [0.717, 1.165) is 25.5 Å². The van der Waals surface area contributed by atoms with E-state index >= 15 is 0 Å². The van der Waals surface area contributed by atoms with Gasteiger partial charge in [-0.3, -0.25) is 4.99 Å². The third-order valence-corrected chi connectivity index (χ3v) is 1.58. The van der Waals surface area contributed by atoms with E-state index in [-0.39, 0.29) is 0 Å². The quantitative estimate of drug-likeness (QED) is 0.579. The lowest BCUT2D eigenvalue weighted by Gasteiger charge is -2.12. The molecule has 1 aliphatic rings. The number of nitrogens with zero attached hydrogens (tertiary/aromatic N) is 1. The molecule has 11 heavy (non-hydrogen) atoms. The van der Waals surface area contributed by atoms with Gasteiger partial charge in [0, 0.05) is 12.6 Å².